The quantitative estimate of drug-likeness (QED) is 0.813. The van der Waals surface area contributed by atoms with Crippen molar-refractivity contribution in [1.29, 1.82) is 0 Å². The number of esters is 1. The fraction of sp³-hybridized carbons (Fsp3) is 0.250. The third-order valence-corrected chi connectivity index (χ3v) is 4.45. The maximum Gasteiger partial charge on any atom is 0.351 e. The second-order valence-corrected chi connectivity index (χ2v) is 6.43. The molecule has 0 bridgehead atoms. The number of nitrogens with zero attached hydrogens (tertiary/aromatic N) is 1. The molecule has 0 saturated heterocycles. The third-order valence-electron chi connectivity index (χ3n) is 4.45. The molecule has 0 radical (unpaired) electrons. The van der Waals surface area contributed by atoms with Gasteiger partial charge in [-0.25, -0.2) is 4.79 Å². The Morgan fingerprint density at radius 2 is 1.86 bits per heavy atom. The molecule has 8 nitrogen and oxygen atoms in total. The van der Waals surface area contributed by atoms with Crippen LogP contribution in [0.5, 0.6) is 11.5 Å². The normalized spacial score (nSPS) is 18.5. The third kappa shape index (κ3) is 3.36. The summed E-state index contributed by atoms with van der Waals surface area (Å²) in [5, 5.41) is 2.71. The first kappa shape index (κ1) is 17.8. The molecule has 0 saturated carbocycles. The molecule has 0 fully saturated rings. The monoisotopic (exact) mass is 382 g/mol. The van der Waals surface area contributed by atoms with Gasteiger partial charge in [0.1, 0.15) is 13.2 Å². The zero-order valence-electron chi connectivity index (χ0n) is 15.1. The molecule has 144 valence electrons. The van der Waals surface area contributed by atoms with Crippen molar-refractivity contribution in [2.45, 2.75) is 19.1 Å². The van der Waals surface area contributed by atoms with Crippen molar-refractivity contribution in [3.63, 3.8) is 0 Å². The maximum absolute atomic E-state index is 12.8. The first-order chi connectivity index (χ1) is 13.5. The molecule has 2 aromatic carbocycles. The molecule has 0 spiro atoms. The van der Waals surface area contributed by atoms with Crippen LogP contribution in [0.2, 0.25) is 0 Å². The standard InChI is InChI=1S/C20H18N2O6/c1-12(19(24)22-10-18(23)21-13-6-2-3-7-14(13)22)27-20(25)17-11-26-15-8-4-5-9-16(15)28-17/h2-9,12,17H,10-11H2,1H3,(H,21,23)/t12-,17+/m1/s1. The predicted molar refractivity (Wildman–Crippen MR) is 99.3 cm³/mol. The van der Waals surface area contributed by atoms with Crippen LogP contribution in [0.15, 0.2) is 48.5 Å². The lowest BCUT2D eigenvalue weighted by molar-refractivity contribution is -0.163. The highest BCUT2D eigenvalue weighted by Crippen LogP contribution is 2.32. The summed E-state index contributed by atoms with van der Waals surface area (Å²) in [5.74, 6) is -0.521. The highest BCUT2D eigenvalue weighted by molar-refractivity contribution is 6.11. The maximum atomic E-state index is 12.8. The summed E-state index contributed by atoms with van der Waals surface area (Å²) in [4.78, 5) is 38.5. The number of carbonyl (C=O) groups excluding carboxylic acids is 3. The van der Waals surface area contributed by atoms with Gasteiger partial charge in [-0.2, -0.15) is 0 Å². The Morgan fingerprint density at radius 3 is 2.68 bits per heavy atom. The van der Waals surface area contributed by atoms with Gasteiger partial charge < -0.3 is 19.5 Å². The largest absolute Gasteiger partial charge is 0.485 e. The minimum atomic E-state index is -1.09. The molecule has 2 heterocycles. The number of anilines is 2. The second kappa shape index (κ2) is 7.22. The van der Waals surface area contributed by atoms with Gasteiger partial charge in [0.05, 0.1) is 11.4 Å². The van der Waals surface area contributed by atoms with E-state index in [0.29, 0.717) is 22.9 Å². The minimum Gasteiger partial charge on any atom is -0.485 e. The number of benzene rings is 2. The van der Waals surface area contributed by atoms with E-state index in [0.717, 1.165) is 0 Å². The van der Waals surface area contributed by atoms with E-state index in [9.17, 15) is 14.4 Å². The number of rotatable bonds is 3. The SMILES string of the molecule is C[C@@H](OC(=O)[C@@H]1COc2ccccc2O1)C(=O)N1CC(=O)Nc2ccccc21. The highest BCUT2D eigenvalue weighted by atomic mass is 16.6. The zero-order chi connectivity index (χ0) is 19.7. The first-order valence-corrected chi connectivity index (χ1v) is 8.82. The number of carbonyl (C=O) groups is 3. The lowest BCUT2D eigenvalue weighted by Gasteiger charge is -2.31. The van der Waals surface area contributed by atoms with E-state index in [1.807, 2.05) is 0 Å². The molecular weight excluding hydrogens is 364 g/mol. The number of para-hydroxylation sites is 4. The van der Waals surface area contributed by atoms with Crippen LogP contribution in [0.25, 0.3) is 0 Å². The molecule has 8 heteroatoms. The number of amides is 2. The Labute approximate surface area is 161 Å². The fourth-order valence-corrected chi connectivity index (χ4v) is 3.09. The molecule has 2 aliphatic heterocycles. The summed E-state index contributed by atoms with van der Waals surface area (Å²) in [5.41, 5.74) is 1.09. The van der Waals surface area contributed by atoms with Crippen molar-refractivity contribution in [2.24, 2.45) is 0 Å². The van der Waals surface area contributed by atoms with Crippen LogP contribution in [0.3, 0.4) is 0 Å². The number of nitrogens with one attached hydrogen (secondary N) is 1. The lowest BCUT2D eigenvalue weighted by atomic mass is 10.1. The van der Waals surface area contributed by atoms with E-state index in [4.69, 9.17) is 14.2 Å². The lowest BCUT2D eigenvalue weighted by Crippen LogP contribution is -2.48. The van der Waals surface area contributed by atoms with Crippen molar-refractivity contribution in [1.82, 2.24) is 0 Å². The molecule has 1 N–H and O–H groups in total. The van der Waals surface area contributed by atoms with Crippen LogP contribution >= 0.6 is 0 Å². The van der Waals surface area contributed by atoms with Gasteiger partial charge in [0.15, 0.2) is 17.6 Å². The molecule has 28 heavy (non-hydrogen) atoms. The van der Waals surface area contributed by atoms with Gasteiger partial charge in [-0.3, -0.25) is 14.5 Å². The van der Waals surface area contributed by atoms with Gasteiger partial charge in [-0.05, 0) is 31.2 Å². The molecule has 2 aliphatic rings. The smallest absolute Gasteiger partial charge is 0.351 e. The molecule has 0 unspecified atom stereocenters. The van der Waals surface area contributed by atoms with Crippen molar-refractivity contribution in [3.8, 4) is 11.5 Å². The average Bonchev–Trinajstić information content (AvgIpc) is 2.72. The van der Waals surface area contributed by atoms with Crippen LogP contribution < -0.4 is 19.7 Å². The van der Waals surface area contributed by atoms with E-state index < -0.39 is 24.1 Å². The number of hydrogen-bond acceptors (Lipinski definition) is 6. The Hall–Kier alpha value is -3.55. The van der Waals surface area contributed by atoms with E-state index in [1.54, 1.807) is 48.5 Å². The van der Waals surface area contributed by atoms with Crippen molar-refractivity contribution in [3.05, 3.63) is 48.5 Å². The summed E-state index contributed by atoms with van der Waals surface area (Å²) in [6, 6.07) is 13.9. The fourth-order valence-electron chi connectivity index (χ4n) is 3.09. The van der Waals surface area contributed by atoms with E-state index in [1.165, 1.54) is 11.8 Å². The van der Waals surface area contributed by atoms with Gasteiger partial charge in [-0.1, -0.05) is 24.3 Å². The summed E-state index contributed by atoms with van der Waals surface area (Å²) in [7, 11) is 0. The number of ether oxygens (including phenoxy) is 3. The summed E-state index contributed by atoms with van der Waals surface area (Å²) < 4.78 is 16.4. The van der Waals surface area contributed by atoms with E-state index in [-0.39, 0.29) is 19.1 Å². The summed E-state index contributed by atoms with van der Waals surface area (Å²) in [6.07, 6.45) is -2.06. The second-order valence-electron chi connectivity index (χ2n) is 6.43. The van der Waals surface area contributed by atoms with Gasteiger partial charge in [-0.15, -0.1) is 0 Å². The molecule has 0 aliphatic carbocycles. The summed E-state index contributed by atoms with van der Waals surface area (Å²) in [6.45, 7) is 1.31. The molecule has 2 atom stereocenters. The van der Waals surface area contributed by atoms with Crippen molar-refractivity contribution < 1.29 is 28.6 Å². The van der Waals surface area contributed by atoms with Crippen LogP contribution in [0, 0.1) is 0 Å². The topological polar surface area (TPSA) is 94.2 Å². The van der Waals surface area contributed by atoms with E-state index >= 15 is 0 Å². The van der Waals surface area contributed by atoms with Crippen LogP contribution in [0.1, 0.15) is 6.92 Å². The van der Waals surface area contributed by atoms with Gasteiger partial charge in [0, 0.05) is 0 Å². The Bertz CT molecular complexity index is 944. The predicted octanol–water partition coefficient (Wildman–Crippen LogP) is 1.74. The summed E-state index contributed by atoms with van der Waals surface area (Å²) >= 11 is 0. The number of fused-ring (bicyclic) bond motifs is 2. The van der Waals surface area contributed by atoms with Gasteiger partial charge >= 0.3 is 5.97 Å². The Morgan fingerprint density at radius 1 is 1.14 bits per heavy atom. The first-order valence-electron chi connectivity index (χ1n) is 8.82. The Kier molecular flexibility index (Phi) is 4.60. The molecular formula is C20H18N2O6. The zero-order valence-corrected chi connectivity index (χ0v) is 15.1. The van der Waals surface area contributed by atoms with Crippen molar-refractivity contribution in [2.75, 3.05) is 23.4 Å². The average molecular weight is 382 g/mol. The highest BCUT2D eigenvalue weighted by Gasteiger charge is 2.35. The van der Waals surface area contributed by atoms with Crippen LogP contribution in [-0.4, -0.2) is 43.1 Å². The number of hydrogen-bond donors (Lipinski definition) is 1. The Balaban J connectivity index is 1.44. The molecule has 2 aromatic rings. The van der Waals surface area contributed by atoms with Gasteiger partial charge in [0.25, 0.3) is 5.91 Å². The molecule has 2 amide bonds. The minimum absolute atomic E-state index is 0.00822. The van der Waals surface area contributed by atoms with Crippen molar-refractivity contribution >= 4 is 29.2 Å². The van der Waals surface area contributed by atoms with Crippen LogP contribution in [-0.2, 0) is 19.1 Å². The van der Waals surface area contributed by atoms with E-state index in [2.05, 4.69) is 5.32 Å². The van der Waals surface area contributed by atoms with Crippen LogP contribution in [0.4, 0.5) is 11.4 Å². The van der Waals surface area contributed by atoms with Gasteiger partial charge in [0.2, 0.25) is 12.0 Å². The molecule has 4 rings (SSSR count). The molecule has 0 aromatic heterocycles.